The van der Waals surface area contributed by atoms with Crippen LogP contribution in [-0.2, 0) is 21.2 Å². The number of nitrogens with zero attached hydrogens (tertiary/aromatic N) is 1. The van der Waals surface area contributed by atoms with E-state index in [1.807, 2.05) is 30.3 Å². The lowest BCUT2D eigenvalue weighted by Gasteiger charge is -2.31. The van der Waals surface area contributed by atoms with Crippen molar-refractivity contribution < 1.29 is 13.2 Å². The van der Waals surface area contributed by atoms with Gasteiger partial charge in [-0.1, -0.05) is 48.5 Å². The Morgan fingerprint density at radius 1 is 1.04 bits per heavy atom. The van der Waals surface area contributed by atoms with Gasteiger partial charge >= 0.3 is 0 Å². The second kappa shape index (κ2) is 8.47. The molecule has 1 atom stereocenters. The van der Waals surface area contributed by atoms with Gasteiger partial charge in [0.25, 0.3) is 0 Å². The summed E-state index contributed by atoms with van der Waals surface area (Å²) in [6.07, 6.45) is 2.19. The van der Waals surface area contributed by atoms with Crippen LogP contribution in [0.4, 0.5) is 0 Å². The van der Waals surface area contributed by atoms with Crippen LogP contribution in [0.25, 0.3) is 0 Å². The van der Waals surface area contributed by atoms with E-state index in [1.54, 1.807) is 30.3 Å². The van der Waals surface area contributed by atoms with Gasteiger partial charge in [0.15, 0.2) is 0 Å². The molecule has 1 aliphatic rings. The quantitative estimate of drug-likeness (QED) is 0.847. The summed E-state index contributed by atoms with van der Waals surface area (Å²) in [4.78, 5) is 12.7. The fourth-order valence-corrected chi connectivity index (χ4v) is 4.78. The average Bonchev–Trinajstić information content (AvgIpc) is 2.69. The molecule has 1 amide bonds. The predicted molar refractivity (Wildman–Crippen MR) is 101 cm³/mol. The van der Waals surface area contributed by atoms with Crippen molar-refractivity contribution >= 4 is 15.9 Å². The fraction of sp³-hybridized carbons (Fsp3) is 0.350. The summed E-state index contributed by atoms with van der Waals surface area (Å²) in [5.41, 5.74) is 1.17. The molecule has 0 radical (unpaired) electrons. The van der Waals surface area contributed by atoms with E-state index >= 15 is 0 Å². The predicted octanol–water partition coefficient (Wildman–Crippen LogP) is 2.45. The van der Waals surface area contributed by atoms with E-state index in [9.17, 15) is 13.2 Å². The van der Waals surface area contributed by atoms with Crippen molar-refractivity contribution in [3.8, 4) is 0 Å². The molecular formula is C20H24N2O3S. The van der Waals surface area contributed by atoms with E-state index in [2.05, 4.69) is 5.32 Å². The van der Waals surface area contributed by atoms with Crippen LogP contribution in [-0.4, -0.2) is 38.3 Å². The van der Waals surface area contributed by atoms with Crippen LogP contribution in [0.3, 0.4) is 0 Å². The van der Waals surface area contributed by atoms with E-state index in [-0.39, 0.29) is 23.3 Å². The Labute approximate surface area is 155 Å². The van der Waals surface area contributed by atoms with Gasteiger partial charge in [0.1, 0.15) is 0 Å². The molecule has 1 N–H and O–H groups in total. The summed E-state index contributed by atoms with van der Waals surface area (Å²) in [5.74, 6) is -0.355. The summed E-state index contributed by atoms with van der Waals surface area (Å²) in [5, 5.41) is 2.95. The molecule has 0 spiro atoms. The molecule has 0 aromatic heterocycles. The Bertz CT molecular complexity index is 823. The second-order valence-corrected chi connectivity index (χ2v) is 8.48. The number of rotatable bonds is 6. The molecule has 2 aromatic carbocycles. The van der Waals surface area contributed by atoms with Crippen molar-refractivity contribution in [2.24, 2.45) is 5.92 Å². The summed E-state index contributed by atoms with van der Waals surface area (Å²) in [7, 11) is -3.54. The highest BCUT2D eigenvalue weighted by molar-refractivity contribution is 7.89. The smallest absolute Gasteiger partial charge is 0.243 e. The number of piperidine rings is 1. The molecule has 5 nitrogen and oxygen atoms in total. The maximum Gasteiger partial charge on any atom is 0.243 e. The minimum atomic E-state index is -3.54. The monoisotopic (exact) mass is 372 g/mol. The molecule has 0 saturated carbocycles. The number of hydrogen-bond donors (Lipinski definition) is 1. The first-order chi connectivity index (χ1) is 12.6. The average molecular weight is 372 g/mol. The number of carbonyl (C=O) groups is 1. The van der Waals surface area contributed by atoms with E-state index in [4.69, 9.17) is 0 Å². The van der Waals surface area contributed by atoms with Crippen LogP contribution in [0.1, 0.15) is 18.4 Å². The SMILES string of the molecule is O=C(NCCc1ccccc1)C1CCCN(S(=O)(=O)c2ccccc2)C1. The number of nitrogens with one attached hydrogen (secondary N) is 1. The van der Waals surface area contributed by atoms with Gasteiger partial charge in [-0.05, 0) is 37.0 Å². The summed E-state index contributed by atoms with van der Waals surface area (Å²) in [6, 6.07) is 18.4. The molecule has 26 heavy (non-hydrogen) atoms. The highest BCUT2D eigenvalue weighted by Gasteiger charge is 2.33. The minimum absolute atomic E-state index is 0.0612. The van der Waals surface area contributed by atoms with Crippen LogP contribution >= 0.6 is 0 Å². The van der Waals surface area contributed by atoms with E-state index < -0.39 is 10.0 Å². The minimum Gasteiger partial charge on any atom is -0.355 e. The summed E-state index contributed by atoms with van der Waals surface area (Å²) < 4.78 is 26.9. The molecule has 2 aromatic rings. The largest absolute Gasteiger partial charge is 0.355 e. The second-order valence-electron chi connectivity index (χ2n) is 6.54. The highest BCUT2D eigenvalue weighted by Crippen LogP contribution is 2.23. The molecule has 1 unspecified atom stereocenters. The lowest BCUT2D eigenvalue weighted by molar-refractivity contribution is -0.126. The van der Waals surface area contributed by atoms with Gasteiger partial charge in [0.05, 0.1) is 10.8 Å². The third-order valence-corrected chi connectivity index (χ3v) is 6.57. The zero-order chi connectivity index (χ0) is 18.4. The maximum atomic E-state index is 12.7. The Morgan fingerprint density at radius 3 is 2.38 bits per heavy atom. The molecule has 0 aliphatic carbocycles. The first-order valence-electron chi connectivity index (χ1n) is 8.94. The Kier molecular flexibility index (Phi) is 6.06. The van der Waals surface area contributed by atoms with E-state index in [1.165, 1.54) is 9.87 Å². The third-order valence-electron chi connectivity index (χ3n) is 4.69. The molecule has 1 fully saturated rings. The number of benzene rings is 2. The van der Waals surface area contributed by atoms with Crippen molar-refractivity contribution in [1.29, 1.82) is 0 Å². The maximum absolute atomic E-state index is 12.7. The molecular weight excluding hydrogens is 348 g/mol. The topological polar surface area (TPSA) is 66.5 Å². The number of carbonyl (C=O) groups excluding carboxylic acids is 1. The molecule has 1 aliphatic heterocycles. The Morgan fingerprint density at radius 2 is 1.69 bits per heavy atom. The van der Waals surface area contributed by atoms with Crippen LogP contribution in [0.2, 0.25) is 0 Å². The normalized spacial score (nSPS) is 18.4. The zero-order valence-corrected chi connectivity index (χ0v) is 15.5. The van der Waals surface area contributed by atoms with Gasteiger partial charge in [-0.2, -0.15) is 4.31 Å². The molecule has 3 rings (SSSR count). The van der Waals surface area contributed by atoms with Gasteiger partial charge in [0.2, 0.25) is 15.9 Å². The molecule has 0 bridgehead atoms. The van der Waals surface area contributed by atoms with Gasteiger partial charge in [-0.25, -0.2) is 8.42 Å². The third kappa shape index (κ3) is 4.51. The van der Waals surface area contributed by atoms with Gasteiger partial charge < -0.3 is 5.32 Å². The Balaban J connectivity index is 1.57. The number of hydrogen-bond acceptors (Lipinski definition) is 3. The van der Waals surface area contributed by atoms with Crippen LogP contribution in [0.5, 0.6) is 0 Å². The van der Waals surface area contributed by atoms with E-state index in [0.717, 1.165) is 12.8 Å². The summed E-state index contributed by atoms with van der Waals surface area (Å²) in [6.45, 7) is 1.27. The van der Waals surface area contributed by atoms with Crippen molar-refractivity contribution in [2.45, 2.75) is 24.2 Å². The summed E-state index contributed by atoms with van der Waals surface area (Å²) >= 11 is 0. The van der Waals surface area contributed by atoms with E-state index in [0.29, 0.717) is 19.5 Å². The number of sulfonamides is 1. The van der Waals surface area contributed by atoms with Gasteiger partial charge in [-0.15, -0.1) is 0 Å². The van der Waals surface area contributed by atoms with Crippen LogP contribution in [0, 0.1) is 5.92 Å². The van der Waals surface area contributed by atoms with Crippen LogP contribution in [0.15, 0.2) is 65.6 Å². The molecule has 1 saturated heterocycles. The zero-order valence-electron chi connectivity index (χ0n) is 14.7. The van der Waals surface area contributed by atoms with Gasteiger partial charge in [-0.3, -0.25) is 4.79 Å². The molecule has 1 heterocycles. The first kappa shape index (κ1) is 18.6. The van der Waals surface area contributed by atoms with Crippen molar-refractivity contribution in [1.82, 2.24) is 9.62 Å². The Hall–Kier alpha value is -2.18. The fourth-order valence-electron chi connectivity index (χ4n) is 3.24. The molecule has 138 valence electrons. The number of amides is 1. The lowest BCUT2D eigenvalue weighted by atomic mass is 9.99. The standard InChI is InChI=1S/C20H24N2O3S/c23-20(21-14-13-17-8-3-1-4-9-17)18-10-7-15-22(16-18)26(24,25)19-11-5-2-6-12-19/h1-6,8-9,11-12,18H,7,10,13-16H2,(H,21,23). The molecule has 6 heteroatoms. The van der Waals surface area contributed by atoms with Crippen molar-refractivity contribution in [3.63, 3.8) is 0 Å². The first-order valence-corrected chi connectivity index (χ1v) is 10.4. The van der Waals surface area contributed by atoms with Crippen molar-refractivity contribution in [3.05, 3.63) is 66.2 Å². The highest BCUT2D eigenvalue weighted by atomic mass is 32.2. The lowest BCUT2D eigenvalue weighted by Crippen LogP contribution is -2.45. The van der Waals surface area contributed by atoms with Gasteiger partial charge in [0, 0.05) is 19.6 Å². The van der Waals surface area contributed by atoms with Crippen LogP contribution < -0.4 is 5.32 Å². The van der Waals surface area contributed by atoms with Crippen molar-refractivity contribution in [2.75, 3.05) is 19.6 Å².